The van der Waals surface area contributed by atoms with Crippen molar-refractivity contribution in [3.8, 4) is 0 Å². The van der Waals surface area contributed by atoms with Crippen molar-refractivity contribution in [1.82, 2.24) is 10.2 Å². The van der Waals surface area contributed by atoms with Crippen LogP contribution in [0.3, 0.4) is 0 Å². The Labute approximate surface area is 164 Å². The number of hydrogen-bond acceptors (Lipinski definition) is 4. The van der Waals surface area contributed by atoms with Crippen LogP contribution in [0.5, 0.6) is 0 Å². The van der Waals surface area contributed by atoms with Crippen molar-refractivity contribution in [1.29, 1.82) is 0 Å². The molecule has 2 aromatic rings. The first-order valence-electron chi connectivity index (χ1n) is 9.62. The molecule has 1 saturated heterocycles. The lowest BCUT2D eigenvalue weighted by Gasteiger charge is -2.34. The number of piperidine rings is 1. The van der Waals surface area contributed by atoms with Gasteiger partial charge >= 0.3 is 5.97 Å². The average molecular weight is 382 g/mol. The fraction of sp³-hybridized carbons (Fsp3) is 0.409. The summed E-state index contributed by atoms with van der Waals surface area (Å²) in [6, 6.07) is 13.1. The Kier molecular flexibility index (Phi) is 6.29. The first-order chi connectivity index (χ1) is 13.4. The van der Waals surface area contributed by atoms with E-state index in [0.717, 1.165) is 17.2 Å². The van der Waals surface area contributed by atoms with E-state index in [1.807, 2.05) is 30.3 Å². The molecule has 1 aliphatic heterocycles. The molecule has 1 fully saturated rings. The SMILES string of the molecule is C[C@@H]1C[C@H](C)CN(C(=O)COC(=O)CNC(=O)c2ccc3ccccc3c2)C1. The third-order valence-electron chi connectivity index (χ3n) is 4.98. The molecule has 148 valence electrons. The van der Waals surface area contributed by atoms with Gasteiger partial charge in [-0.25, -0.2) is 0 Å². The minimum atomic E-state index is -0.624. The first-order valence-corrected chi connectivity index (χ1v) is 9.62. The van der Waals surface area contributed by atoms with Crippen LogP contribution in [0, 0.1) is 11.8 Å². The van der Waals surface area contributed by atoms with Gasteiger partial charge in [-0.2, -0.15) is 0 Å². The Morgan fingerprint density at radius 1 is 1.04 bits per heavy atom. The lowest BCUT2D eigenvalue weighted by molar-refractivity contribution is -0.152. The van der Waals surface area contributed by atoms with Gasteiger partial charge in [0.15, 0.2) is 6.61 Å². The standard InChI is InChI=1S/C22H26N2O4/c1-15-9-16(2)13-24(12-15)20(25)14-28-21(26)11-23-22(27)19-8-7-17-5-3-4-6-18(17)10-19/h3-8,10,15-16H,9,11-14H2,1-2H3,(H,23,27)/t15-,16+. The molecule has 0 aromatic heterocycles. The second kappa shape index (κ2) is 8.87. The summed E-state index contributed by atoms with van der Waals surface area (Å²) in [5.74, 6) is -0.268. The van der Waals surface area contributed by atoms with E-state index in [4.69, 9.17) is 4.74 Å². The zero-order chi connectivity index (χ0) is 20.1. The molecule has 6 heteroatoms. The molecule has 3 rings (SSSR count). The molecule has 0 aliphatic carbocycles. The van der Waals surface area contributed by atoms with Gasteiger partial charge in [0.25, 0.3) is 11.8 Å². The summed E-state index contributed by atoms with van der Waals surface area (Å²) in [5.41, 5.74) is 0.471. The van der Waals surface area contributed by atoms with Gasteiger partial charge in [0.1, 0.15) is 6.54 Å². The fourth-order valence-electron chi connectivity index (χ4n) is 3.74. The number of ether oxygens (including phenoxy) is 1. The van der Waals surface area contributed by atoms with Gasteiger partial charge in [-0.3, -0.25) is 14.4 Å². The smallest absolute Gasteiger partial charge is 0.325 e. The number of esters is 1. The van der Waals surface area contributed by atoms with Gasteiger partial charge in [-0.15, -0.1) is 0 Å². The van der Waals surface area contributed by atoms with Crippen LogP contribution >= 0.6 is 0 Å². The van der Waals surface area contributed by atoms with Crippen LogP contribution in [0.4, 0.5) is 0 Å². The Morgan fingerprint density at radius 2 is 1.71 bits per heavy atom. The predicted molar refractivity (Wildman–Crippen MR) is 107 cm³/mol. The zero-order valence-electron chi connectivity index (χ0n) is 16.3. The minimum Gasteiger partial charge on any atom is -0.454 e. The molecular formula is C22H26N2O4. The molecule has 1 aliphatic rings. The van der Waals surface area contributed by atoms with Crippen molar-refractivity contribution in [2.75, 3.05) is 26.2 Å². The van der Waals surface area contributed by atoms with Crippen molar-refractivity contribution in [3.05, 3.63) is 48.0 Å². The number of rotatable bonds is 5. The second-order valence-electron chi connectivity index (χ2n) is 7.65. The summed E-state index contributed by atoms with van der Waals surface area (Å²) in [4.78, 5) is 38.1. The summed E-state index contributed by atoms with van der Waals surface area (Å²) < 4.78 is 5.04. The van der Waals surface area contributed by atoms with E-state index in [1.165, 1.54) is 0 Å². The molecule has 0 spiro atoms. The van der Waals surface area contributed by atoms with Gasteiger partial charge in [0.2, 0.25) is 0 Å². The zero-order valence-corrected chi connectivity index (χ0v) is 16.3. The predicted octanol–water partition coefficient (Wildman–Crippen LogP) is 2.62. The van der Waals surface area contributed by atoms with Crippen LogP contribution in [0.15, 0.2) is 42.5 Å². The Bertz CT molecular complexity index is 870. The van der Waals surface area contributed by atoms with Crippen LogP contribution in [-0.2, 0) is 14.3 Å². The molecular weight excluding hydrogens is 356 g/mol. The average Bonchev–Trinajstić information content (AvgIpc) is 2.69. The number of nitrogens with one attached hydrogen (secondary N) is 1. The summed E-state index contributed by atoms with van der Waals surface area (Å²) in [5, 5.41) is 4.53. The molecule has 2 amide bonds. The van der Waals surface area contributed by atoms with Crippen LogP contribution < -0.4 is 5.32 Å². The minimum absolute atomic E-state index is 0.187. The molecule has 6 nitrogen and oxygen atoms in total. The highest BCUT2D eigenvalue weighted by Gasteiger charge is 2.25. The number of hydrogen-bond donors (Lipinski definition) is 1. The maximum absolute atomic E-state index is 12.3. The third-order valence-corrected chi connectivity index (χ3v) is 4.98. The highest BCUT2D eigenvalue weighted by molar-refractivity contribution is 5.99. The molecule has 2 aromatic carbocycles. The van der Waals surface area contributed by atoms with E-state index in [0.29, 0.717) is 30.5 Å². The van der Waals surface area contributed by atoms with Crippen LogP contribution in [-0.4, -0.2) is 48.9 Å². The van der Waals surface area contributed by atoms with E-state index >= 15 is 0 Å². The normalized spacial score (nSPS) is 19.3. The topological polar surface area (TPSA) is 75.7 Å². The number of carbonyl (C=O) groups is 3. The molecule has 28 heavy (non-hydrogen) atoms. The number of likely N-dealkylation sites (tertiary alicyclic amines) is 1. The molecule has 2 atom stereocenters. The summed E-state index contributed by atoms with van der Waals surface area (Å²) in [6.45, 7) is 5.06. The second-order valence-corrected chi connectivity index (χ2v) is 7.65. The number of carbonyl (C=O) groups excluding carboxylic acids is 3. The van der Waals surface area contributed by atoms with E-state index in [1.54, 1.807) is 17.0 Å². The molecule has 0 saturated carbocycles. The Hall–Kier alpha value is -2.89. The van der Waals surface area contributed by atoms with Crippen LogP contribution in [0.1, 0.15) is 30.6 Å². The van der Waals surface area contributed by atoms with E-state index in [-0.39, 0.29) is 25.0 Å². The van der Waals surface area contributed by atoms with Gasteiger partial charge < -0.3 is 15.0 Å². The van der Waals surface area contributed by atoms with Crippen LogP contribution in [0.25, 0.3) is 10.8 Å². The van der Waals surface area contributed by atoms with Gasteiger partial charge in [0.05, 0.1) is 0 Å². The molecule has 0 unspecified atom stereocenters. The number of fused-ring (bicyclic) bond motifs is 1. The summed E-state index contributed by atoms with van der Waals surface area (Å²) in [6.07, 6.45) is 1.10. The quantitative estimate of drug-likeness (QED) is 0.807. The van der Waals surface area contributed by atoms with Crippen molar-refractivity contribution in [2.24, 2.45) is 11.8 Å². The van der Waals surface area contributed by atoms with E-state index in [2.05, 4.69) is 19.2 Å². The highest BCUT2D eigenvalue weighted by Crippen LogP contribution is 2.21. The van der Waals surface area contributed by atoms with E-state index in [9.17, 15) is 14.4 Å². The molecule has 1 N–H and O–H groups in total. The maximum Gasteiger partial charge on any atom is 0.325 e. The van der Waals surface area contributed by atoms with Crippen LogP contribution in [0.2, 0.25) is 0 Å². The van der Waals surface area contributed by atoms with Crippen molar-refractivity contribution >= 4 is 28.6 Å². The molecule has 1 heterocycles. The van der Waals surface area contributed by atoms with Crippen molar-refractivity contribution < 1.29 is 19.1 Å². The molecule has 0 radical (unpaired) electrons. The third kappa shape index (κ3) is 5.09. The Morgan fingerprint density at radius 3 is 2.43 bits per heavy atom. The first kappa shape index (κ1) is 19.9. The van der Waals surface area contributed by atoms with E-state index < -0.39 is 5.97 Å². The number of nitrogens with zero attached hydrogens (tertiary/aromatic N) is 1. The Balaban J connectivity index is 1.45. The number of amides is 2. The highest BCUT2D eigenvalue weighted by atomic mass is 16.5. The largest absolute Gasteiger partial charge is 0.454 e. The lowest BCUT2D eigenvalue weighted by atomic mass is 9.92. The lowest BCUT2D eigenvalue weighted by Crippen LogP contribution is -2.44. The fourth-order valence-corrected chi connectivity index (χ4v) is 3.74. The van der Waals surface area contributed by atoms with Gasteiger partial charge in [0, 0.05) is 18.7 Å². The van der Waals surface area contributed by atoms with Crippen molar-refractivity contribution in [3.63, 3.8) is 0 Å². The monoisotopic (exact) mass is 382 g/mol. The maximum atomic E-state index is 12.3. The van der Waals surface area contributed by atoms with Gasteiger partial charge in [-0.05, 0) is 41.2 Å². The summed E-state index contributed by atoms with van der Waals surface area (Å²) in [7, 11) is 0. The van der Waals surface area contributed by atoms with Crippen molar-refractivity contribution in [2.45, 2.75) is 20.3 Å². The summed E-state index contributed by atoms with van der Waals surface area (Å²) >= 11 is 0. The van der Waals surface area contributed by atoms with Gasteiger partial charge in [-0.1, -0.05) is 44.2 Å². The molecule has 0 bridgehead atoms. The number of benzene rings is 2.